The number of piperazine rings is 1. The number of benzene rings is 1. The van der Waals surface area contributed by atoms with E-state index in [0.29, 0.717) is 30.1 Å². The number of hydrogen-bond donors (Lipinski definition) is 0. The van der Waals surface area contributed by atoms with Crippen molar-refractivity contribution in [1.82, 2.24) is 14.1 Å². The van der Waals surface area contributed by atoms with E-state index in [4.69, 9.17) is 0 Å². The van der Waals surface area contributed by atoms with Gasteiger partial charge in [0.15, 0.2) is 0 Å². The number of rotatable bonds is 5. The van der Waals surface area contributed by atoms with E-state index in [2.05, 4.69) is 36.1 Å². The average Bonchev–Trinajstić information content (AvgIpc) is 3.31. The van der Waals surface area contributed by atoms with Gasteiger partial charge in [-0.15, -0.1) is 11.3 Å². The first-order chi connectivity index (χ1) is 14.4. The standard InChI is InChI=1S/C22H29N3O3S2/c1-18-5-2-3-6-20(18)17-23-12-14-24(15-13-23)22(26)19-8-10-25(11-9-19)30(27,28)21-7-4-16-29-21/h2-7,16,19H,8-15,17H2,1H3. The third kappa shape index (κ3) is 4.61. The highest BCUT2D eigenvalue weighted by Gasteiger charge is 2.35. The largest absolute Gasteiger partial charge is 0.340 e. The molecule has 162 valence electrons. The van der Waals surface area contributed by atoms with Gasteiger partial charge >= 0.3 is 0 Å². The minimum atomic E-state index is -3.41. The fraction of sp³-hybridized carbons (Fsp3) is 0.500. The second-order valence-electron chi connectivity index (χ2n) is 8.14. The lowest BCUT2D eigenvalue weighted by molar-refractivity contribution is -0.138. The molecule has 0 N–H and O–H groups in total. The molecule has 2 fully saturated rings. The van der Waals surface area contributed by atoms with E-state index in [9.17, 15) is 13.2 Å². The highest BCUT2D eigenvalue weighted by Crippen LogP contribution is 2.27. The Morgan fingerprint density at radius 3 is 2.33 bits per heavy atom. The maximum atomic E-state index is 13.0. The first-order valence-electron chi connectivity index (χ1n) is 10.5. The molecule has 6 nitrogen and oxygen atoms in total. The Kier molecular flexibility index (Phi) is 6.57. The van der Waals surface area contributed by atoms with Crippen LogP contribution in [0.25, 0.3) is 0 Å². The van der Waals surface area contributed by atoms with E-state index in [0.717, 1.165) is 32.7 Å². The number of nitrogens with zero attached hydrogens (tertiary/aromatic N) is 3. The van der Waals surface area contributed by atoms with Gasteiger partial charge in [0.25, 0.3) is 10.0 Å². The predicted molar refractivity (Wildman–Crippen MR) is 119 cm³/mol. The molecule has 0 atom stereocenters. The second-order valence-corrected chi connectivity index (χ2v) is 11.3. The third-order valence-electron chi connectivity index (χ3n) is 6.23. The molecule has 0 unspecified atom stereocenters. The average molecular weight is 448 g/mol. The highest BCUT2D eigenvalue weighted by molar-refractivity contribution is 7.91. The van der Waals surface area contributed by atoms with E-state index in [1.165, 1.54) is 26.8 Å². The normalized spacial score (nSPS) is 19.8. The summed E-state index contributed by atoms with van der Waals surface area (Å²) < 4.78 is 27.3. The van der Waals surface area contributed by atoms with Gasteiger partial charge in [-0.2, -0.15) is 4.31 Å². The van der Waals surface area contributed by atoms with Gasteiger partial charge in [-0.3, -0.25) is 9.69 Å². The summed E-state index contributed by atoms with van der Waals surface area (Å²) in [5.74, 6) is 0.126. The van der Waals surface area contributed by atoms with E-state index >= 15 is 0 Å². The molecule has 2 aliphatic rings. The van der Waals surface area contributed by atoms with Crippen LogP contribution in [0.2, 0.25) is 0 Å². The fourth-order valence-electron chi connectivity index (χ4n) is 4.29. The van der Waals surface area contributed by atoms with Gasteiger partial charge in [0.05, 0.1) is 0 Å². The summed E-state index contributed by atoms with van der Waals surface area (Å²) in [6, 6.07) is 11.9. The molecule has 1 aromatic heterocycles. The second kappa shape index (κ2) is 9.18. The van der Waals surface area contributed by atoms with Crippen molar-refractivity contribution < 1.29 is 13.2 Å². The molecular formula is C22H29N3O3S2. The molecule has 2 aromatic rings. The first kappa shape index (κ1) is 21.5. The smallest absolute Gasteiger partial charge is 0.252 e. The van der Waals surface area contributed by atoms with Crippen LogP contribution in [0.15, 0.2) is 46.0 Å². The molecule has 8 heteroatoms. The van der Waals surface area contributed by atoms with Crippen LogP contribution in [0.4, 0.5) is 0 Å². The van der Waals surface area contributed by atoms with Crippen LogP contribution in [-0.4, -0.2) is 67.7 Å². The predicted octanol–water partition coefficient (Wildman–Crippen LogP) is 2.80. The molecule has 1 amide bonds. The van der Waals surface area contributed by atoms with Crippen molar-refractivity contribution in [1.29, 1.82) is 0 Å². The van der Waals surface area contributed by atoms with Crippen molar-refractivity contribution in [3.63, 3.8) is 0 Å². The number of sulfonamides is 1. The zero-order chi connectivity index (χ0) is 21.1. The Balaban J connectivity index is 1.27. The number of amides is 1. The van der Waals surface area contributed by atoms with E-state index in [1.54, 1.807) is 17.5 Å². The maximum absolute atomic E-state index is 13.0. The van der Waals surface area contributed by atoms with Crippen molar-refractivity contribution >= 4 is 27.3 Å². The number of aryl methyl sites for hydroxylation is 1. The van der Waals surface area contributed by atoms with Crippen LogP contribution in [0.1, 0.15) is 24.0 Å². The van der Waals surface area contributed by atoms with Gasteiger partial charge in [0, 0.05) is 51.7 Å². The van der Waals surface area contributed by atoms with Gasteiger partial charge in [-0.25, -0.2) is 8.42 Å². The summed E-state index contributed by atoms with van der Waals surface area (Å²) in [4.78, 5) is 17.4. The Labute approximate surface area is 183 Å². The quantitative estimate of drug-likeness (QED) is 0.707. The number of carbonyl (C=O) groups is 1. The first-order valence-corrected chi connectivity index (χ1v) is 12.9. The van der Waals surface area contributed by atoms with Crippen molar-refractivity contribution in [2.45, 2.75) is 30.5 Å². The topological polar surface area (TPSA) is 60.9 Å². The van der Waals surface area contributed by atoms with Crippen LogP contribution in [0, 0.1) is 12.8 Å². The molecule has 2 saturated heterocycles. The molecule has 0 saturated carbocycles. The summed E-state index contributed by atoms with van der Waals surface area (Å²) >= 11 is 1.25. The molecule has 4 rings (SSSR count). The molecule has 0 radical (unpaired) electrons. The Morgan fingerprint density at radius 1 is 1.00 bits per heavy atom. The molecular weight excluding hydrogens is 418 g/mol. The van der Waals surface area contributed by atoms with E-state index in [1.807, 2.05) is 4.90 Å². The van der Waals surface area contributed by atoms with Crippen LogP contribution >= 0.6 is 11.3 Å². The minimum absolute atomic E-state index is 0.0669. The van der Waals surface area contributed by atoms with Crippen LogP contribution < -0.4 is 0 Å². The fourth-order valence-corrected chi connectivity index (χ4v) is 6.91. The van der Waals surface area contributed by atoms with Gasteiger partial charge in [0.2, 0.25) is 5.91 Å². The zero-order valence-electron chi connectivity index (χ0n) is 17.4. The number of hydrogen-bond acceptors (Lipinski definition) is 5. The summed E-state index contributed by atoms with van der Waals surface area (Å²) in [5, 5.41) is 1.78. The summed E-state index contributed by atoms with van der Waals surface area (Å²) in [6.07, 6.45) is 1.21. The lowest BCUT2D eigenvalue weighted by Gasteiger charge is -2.38. The number of carbonyl (C=O) groups excluding carboxylic acids is 1. The summed E-state index contributed by atoms with van der Waals surface area (Å²) in [5.41, 5.74) is 2.65. The monoisotopic (exact) mass is 447 g/mol. The lowest BCUT2D eigenvalue weighted by Crippen LogP contribution is -2.51. The van der Waals surface area contributed by atoms with Crippen molar-refractivity contribution in [2.75, 3.05) is 39.3 Å². The summed E-state index contributed by atoms with van der Waals surface area (Å²) in [7, 11) is -3.41. The number of thiophene rings is 1. The van der Waals surface area contributed by atoms with Gasteiger partial charge < -0.3 is 4.90 Å². The molecule has 30 heavy (non-hydrogen) atoms. The summed E-state index contributed by atoms with van der Waals surface area (Å²) in [6.45, 7) is 7.16. The van der Waals surface area contributed by atoms with Gasteiger partial charge in [0.1, 0.15) is 4.21 Å². The van der Waals surface area contributed by atoms with Crippen molar-refractivity contribution in [3.05, 3.63) is 52.9 Å². The van der Waals surface area contributed by atoms with Crippen LogP contribution in [-0.2, 0) is 21.4 Å². The maximum Gasteiger partial charge on any atom is 0.252 e. The molecule has 0 spiro atoms. The van der Waals surface area contributed by atoms with E-state index in [-0.39, 0.29) is 11.8 Å². The van der Waals surface area contributed by atoms with Gasteiger partial charge in [-0.05, 0) is 42.3 Å². The van der Waals surface area contributed by atoms with Gasteiger partial charge in [-0.1, -0.05) is 30.3 Å². The zero-order valence-corrected chi connectivity index (χ0v) is 19.0. The third-order valence-corrected chi connectivity index (χ3v) is 9.50. The Hall–Kier alpha value is -1.74. The molecule has 3 heterocycles. The number of piperidine rings is 1. The van der Waals surface area contributed by atoms with E-state index < -0.39 is 10.0 Å². The Bertz CT molecular complexity index is 959. The molecule has 0 aliphatic carbocycles. The van der Waals surface area contributed by atoms with Crippen molar-refractivity contribution in [2.24, 2.45) is 5.92 Å². The minimum Gasteiger partial charge on any atom is -0.340 e. The highest BCUT2D eigenvalue weighted by atomic mass is 32.2. The molecule has 0 bridgehead atoms. The van der Waals surface area contributed by atoms with Crippen LogP contribution in [0.5, 0.6) is 0 Å². The van der Waals surface area contributed by atoms with Crippen molar-refractivity contribution in [3.8, 4) is 0 Å². The molecule has 1 aromatic carbocycles. The SMILES string of the molecule is Cc1ccccc1CN1CCN(C(=O)C2CCN(S(=O)(=O)c3cccs3)CC2)CC1. The van der Waals surface area contributed by atoms with Crippen LogP contribution in [0.3, 0.4) is 0 Å². The Morgan fingerprint density at radius 2 is 1.70 bits per heavy atom. The molecule has 2 aliphatic heterocycles. The lowest BCUT2D eigenvalue weighted by atomic mass is 9.96.